The number of nitrogens with zero attached hydrogens (tertiary/aromatic N) is 3. The minimum absolute atomic E-state index is 0.0955. The molecule has 1 unspecified atom stereocenters. The fraction of sp³-hybridized carbons (Fsp3) is 0.227. The van der Waals surface area contributed by atoms with Gasteiger partial charge < -0.3 is 14.8 Å². The number of ether oxygens (including phenoxy) is 2. The average molecular weight is 420 g/mol. The second-order valence-electron chi connectivity index (χ2n) is 7.05. The van der Waals surface area contributed by atoms with Gasteiger partial charge in [0.15, 0.2) is 17.6 Å². The number of hydrogen-bond acceptors (Lipinski definition) is 6. The van der Waals surface area contributed by atoms with Crippen LogP contribution in [0.2, 0.25) is 0 Å². The molecule has 5 rings (SSSR count). The van der Waals surface area contributed by atoms with E-state index in [1.807, 2.05) is 52.7 Å². The predicted molar refractivity (Wildman–Crippen MR) is 114 cm³/mol. The molecule has 1 atom stereocenters. The number of benzene rings is 2. The highest BCUT2D eigenvalue weighted by Gasteiger charge is 2.21. The molecule has 0 saturated carbocycles. The van der Waals surface area contributed by atoms with Gasteiger partial charge in [-0.15, -0.1) is 11.3 Å². The first-order valence-corrected chi connectivity index (χ1v) is 10.6. The summed E-state index contributed by atoms with van der Waals surface area (Å²) in [6.45, 7) is 1.60. The fourth-order valence-electron chi connectivity index (χ4n) is 3.43. The topological polar surface area (TPSA) is 78.3 Å². The monoisotopic (exact) mass is 420 g/mol. The van der Waals surface area contributed by atoms with Crippen molar-refractivity contribution < 1.29 is 14.3 Å². The number of nitrogens with one attached hydrogen (secondary N) is 1. The largest absolute Gasteiger partial charge is 0.486 e. The van der Waals surface area contributed by atoms with Crippen molar-refractivity contribution in [2.24, 2.45) is 0 Å². The van der Waals surface area contributed by atoms with E-state index in [9.17, 15) is 4.79 Å². The standard InChI is InChI=1S/C22H20N4O3S/c27-22(24-8-7-21-23-9-10-30-21)15-5-6-18-16(11-15)12-26(25-18)13-17-14-28-19-3-1-2-4-20(19)29-17/h1-6,9-12,17H,7-8,13-14H2,(H,24,27). The van der Waals surface area contributed by atoms with E-state index < -0.39 is 0 Å². The van der Waals surface area contributed by atoms with E-state index in [2.05, 4.69) is 15.4 Å². The molecule has 152 valence electrons. The zero-order valence-electron chi connectivity index (χ0n) is 16.2. The maximum absolute atomic E-state index is 12.5. The van der Waals surface area contributed by atoms with Crippen LogP contribution in [0, 0.1) is 0 Å². The first kappa shape index (κ1) is 18.6. The van der Waals surface area contributed by atoms with Gasteiger partial charge in [-0.2, -0.15) is 5.10 Å². The molecule has 4 aromatic rings. The van der Waals surface area contributed by atoms with Crippen LogP contribution in [0.3, 0.4) is 0 Å². The second-order valence-corrected chi connectivity index (χ2v) is 8.03. The number of aromatic nitrogens is 3. The lowest BCUT2D eigenvalue weighted by Gasteiger charge is -2.26. The third-order valence-electron chi connectivity index (χ3n) is 4.88. The number of rotatable bonds is 6. The highest BCUT2D eigenvalue weighted by molar-refractivity contribution is 7.09. The van der Waals surface area contributed by atoms with Crippen molar-refractivity contribution in [1.29, 1.82) is 0 Å². The number of para-hydroxylation sites is 2. The summed E-state index contributed by atoms with van der Waals surface area (Å²) in [7, 11) is 0. The van der Waals surface area contributed by atoms with E-state index in [0.717, 1.165) is 33.8 Å². The highest BCUT2D eigenvalue weighted by Crippen LogP contribution is 2.31. The quantitative estimate of drug-likeness (QED) is 0.518. The van der Waals surface area contributed by atoms with Gasteiger partial charge in [0.25, 0.3) is 5.91 Å². The Hall–Kier alpha value is -3.39. The first-order chi connectivity index (χ1) is 14.7. The van der Waals surface area contributed by atoms with Gasteiger partial charge in [0, 0.05) is 41.7 Å². The van der Waals surface area contributed by atoms with Gasteiger partial charge in [-0.25, -0.2) is 4.98 Å². The number of carbonyl (C=O) groups excluding carboxylic acids is 1. The van der Waals surface area contributed by atoms with E-state index in [-0.39, 0.29) is 12.0 Å². The molecule has 8 heteroatoms. The summed E-state index contributed by atoms with van der Waals surface area (Å²) < 4.78 is 13.6. The fourth-order valence-corrected chi connectivity index (χ4v) is 4.06. The molecule has 7 nitrogen and oxygen atoms in total. The first-order valence-electron chi connectivity index (χ1n) is 9.77. The Balaban J connectivity index is 1.23. The summed E-state index contributed by atoms with van der Waals surface area (Å²) in [5.41, 5.74) is 1.46. The SMILES string of the molecule is O=C(NCCc1nccs1)c1ccc2nn(CC3COc4ccccc4O3)cc2c1. The van der Waals surface area contributed by atoms with E-state index in [4.69, 9.17) is 9.47 Å². The third kappa shape index (κ3) is 3.99. The lowest BCUT2D eigenvalue weighted by molar-refractivity contribution is 0.0760. The molecule has 1 aliphatic heterocycles. The van der Waals surface area contributed by atoms with Crippen LogP contribution < -0.4 is 14.8 Å². The summed E-state index contributed by atoms with van der Waals surface area (Å²) in [5, 5.41) is 11.4. The zero-order valence-corrected chi connectivity index (χ0v) is 17.0. The second kappa shape index (κ2) is 8.16. The van der Waals surface area contributed by atoms with Crippen molar-refractivity contribution in [3.8, 4) is 11.5 Å². The van der Waals surface area contributed by atoms with Gasteiger partial charge in [0.05, 0.1) is 17.1 Å². The summed E-state index contributed by atoms with van der Waals surface area (Å²) >= 11 is 1.59. The summed E-state index contributed by atoms with van der Waals surface area (Å²) in [6.07, 6.45) is 4.32. The molecule has 0 saturated heterocycles. The Bertz CT molecular complexity index is 1170. The van der Waals surface area contributed by atoms with E-state index >= 15 is 0 Å². The predicted octanol–water partition coefficient (Wildman–Crippen LogP) is 3.31. The van der Waals surface area contributed by atoms with Gasteiger partial charge in [-0.3, -0.25) is 9.48 Å². The van der Waals surface area contributed by atoms with Gasteiger partial charge >= 0.3 is 0 Å². The molecule has 0 spiro atoms. The summed E-state index contributed by atoms with van der Waals surface area (Å²) in [5.74, 6) is 1.42. The van der Waals surface area contributed by atoms with E-state index in [1.54, 1.807) is 23.6 Å². The van der Waals surface area contributed by atoms with Crippen molar-refractivity contribution in [2.45, 2.75) is 19.1 Å². The number of amides is 1. The van der Waals surface area contributed by atoms with Gasteiger partial charge in [0.1, 0.15) is 6.61 Å². The molecule has 0 radical (unpaired) electrons. The van der Waals surface area contributed by atoms with E-state index in [0.29, 0.717) is 25.3 Å². The minimum Gasteiger partial charge on any atom is -0.486 e. The van der Waals surface area contributed by atoms with Crippen LogP contribution in [0.25, 0.3) is 10.9 Å². The molecule has 1 N–H and O–H groups in total. The molecular formula is C22H20N4O3S. The van der Waals surface area contributed by atoms with Crippen LogP contribution in [-0.4, -0.2) is 39.9 Å². The van der Waals surface area contributed by atoms with Crippen molar-refractivity contribution >= 4 is 28.1 Å². The molecule has 3 heterocycles. The lowest BCUT2D eigenvalue weighted by atomic mass is 10.1. The lowest BCUT2D eigenvalue weighted by Crippen LogP contribution is -2.33. The number of fused-ring (bicyclic) bond motifs is 2. The Morgan fingerprint density at radius 3 is 3.00 bits per heavy atom. The number of carbonyl (C=O) groups is 1. The molecule has 2 aromatic heterocycles. The molecule has 30 heavy (non-hydrogen) atoms. The van der Waals surface area contributed by atoms with Crippen molar-refractivity contribution in [3.63, 3.8) is 0 Å². The average Bonchev–Trinajstić information content (AvgIpc) is 3.42. The zero-order chi connectivity index (χ0) is 20.3. The molecule has 1 aliphatic rings. The molecule has 0 fully saturated rings. The third-order valence-corrected chi connectivity index (χ3v) is 5.72. The smallest absolute Gasteiger partial charge is 0.251 e. The Morgan fingerprint density at radius 1 is 1.23 bits per heavy atom. The molecule has 0 bridgehead atoms. The molecule has 2 aromatic carbocycles. The maximum atomic E-state index is 12.5. The van der Waals surface area contributed by atoms with E-state index in [1.165, 1.54) is 0 Å². The van der Waals surface area contributed by atoms with Crippen LogP contribution in [0.1, 0.15) is 15.4 Å². The maximum Gasteiger partial charge on any atom is 0.251 e. The molecule has 1 amide bonds. The molecular weight excluding hydrogens is 400 g/mol. The van der Waals surface area contributed by atoms with Crippen LogP contribution in [0.15, 0.2) is 60.2 Å². The Labute approximate surface area is 177 Å². The summed E-state index contributed by atoms with van der Waals surface area (Å²) in [6, 6.07) is 13.2. The van der Waals surface area contributed by atoms with Gasteiger partial charge in [0.2, 0.25) is 0 Å². The molecule has 0 aliphatic carbocycles. The normalized spacial score (nSPS) is 15.3. The van der Waals surface area contributed by atoms with Gasteiger partial charge in [-0.1, -0.05) is 12.1 Å². The van der Waals surface area contributed by atoms with Crippen molar-refractivity contribution in [1.82, 2.24) is 20.1 Å². The Morgan fingerprint density at radius 2 is 2.13 bits per heavy atom. The van der Waals surface area contributed by atoms with Crippen LogP contribution in [0.4, 0.5) is 0 Å². The van der Waals surface area contributed by atoms with Gasteiger partial charge in [-0.05, 0) is 30.3 Å². The van der Waals surface area contributed by atoms with Crippen LogP contribution >= 0.6 is 11.3 Å². The number of hydrogen-bond donors (Lipinski definition) is 1. The van der Waals surface area contributed by atoms with Crippen LogP contribution in [-0.2, 0) is 13.0 Å². The minimum atomic E-state index is -0.122. The van der Waals surface area contributed by atoms with Crippen LogP contribution in [0.5, 0.6) is 11.5 Å². The van der Waals surface area contributed by atoms with Crippen molar-refractivity contribution in [3.05, 3.63) is 70.8 Å². The van der Waals surface area contributed by atoms with Crippen molar-refractivity contribution in [2.75, 3.05) is 13.2 Å². The summed E-state index contributed by atoms with van der Waals surface area (Å²) in [4.78, 5) is 16.7. The highest BCUT2D eigenvalue weighted by atomic mass is 32.1. The number of thiazole rings is 1. The Kier molecular flexibility index (Phi) is 5.06.